The van der Waals surface area contributed by atoms with Gasteiger partial charge in [0.15, 0.2) is 5.16 Å². The van der Waals surface area contributed by atoms with E-state index in [4.69, 9.17) is 4.98 Å². The maximum Gasteiger partial charge on any atom is 0.255 e. The Morgan fingerprint density at radius 2 is 2.10 bits per heavy atom. The molecule has 3 rings (SSSR count). The van der Waals surface area contributed by atoms with Crippen molar-refractivity contribution in [1.82, 2.24) is 9.97 Å². The van der Waals surface area contributed by atoms with Crippen LogP contribution in [0.15, 0.2) is 34.2 Å². The van der Waals surface area contributed by atoms with Crippen LogP contribution in [0.4, 0.5) is 0 Å². The van der Waals surface area contributed by atoms with Gasteiger partial charge >= 0.3 is 0 Å². The summed E-state index contributed by atoms with van der Waals surface area (Å²) >= 11 is 1.58. The summed E-state index contributed by atoms with van der Waals surface area (Å²) < 4.78 is 0. The third-order valence-electron chi connectivity index (χ3n) is 4.42. The Balaban J connectivity index is 2.32. The van der Waals surface area contributed by atoms with Gasteiger partial charge in [-0.2, -0.15) is 0 Å². The molecule has 1 aliphatic carbocycles. The largest absolute Gasteiger partial charge is 0.301 e. The van der Waals surface area contributed by atoms with Crippen LogP contribution >= 0.6 is 11.8 Å². The zero-order valence-electron chi connectivity index (χ0n) is 12.7. The van der Waals surface area contributed by atoms with E-state index in [0.29, 0.717) is 0 Å². The number of aromatic nitrogens is 2. The van der Waals surface area contributed by atoms with Gasteiger partial charge in [0.05, 0.1) is 5.69 Å². The third-order valence-corrected chi connectivity index (χ3v) is 5.17. The molecule has 0 fully saturated rings. The van der Waals surface area contributed by atoms with Crippen LogP contribution in [-0.2, 0) is 11.8 Å². The van der Waals surface area contributed by atoms with E-state index in [2.05, 4.69) is 44.0 Å². The van der Waals surface area contributed by atoms with Gasteiger partial charge in [-0.05, 0) is 24.2 Å². The van der Waals surface area contributed by atoms with Gasteiger partial charge in [0.1, 0.15) is 0 Å². The van der Waals surface area contributed by atoms with E-state index in [1.54, 1.807) is 11.8 Å². The van der Waals surface area contributed by atoms with Crippen LogP contribution in [0.5, 0.6) is 0 Å². The van der Waals surface area contributed by atoms with Crippen LogP contribution in [0.3, 0.4) is 0 Å². The average molecular weight is 300 g/mol. The lowest BCUT2D eigenvalue weighted by molar-refractivity contribution is 0.439. The molecule has 0 saturated heterocycles. The topological polar surface area (TPSA) is 45.8 Å². The molecule has 1 unspecified atom stereocenters. The van der Waals surface area contributed by atoms with Crippen LogP contribution in [0.25, 0.3) is 11.3 Å². The third kappa shape index (κ3) is 2.31. The van der Waals surface area contributed by atoms with Gasteiger partial charge in [0, 0.05) is 16.5 Å². The number of nitrogens with one attached hydrogen (secondary N) is 1. The number of fused-ring (bicyclic) bond motifs is 3. The highest BCUT2D eigenvalue weighted by molar-refractivity contribution is 7.99. The number of hydrogen-bond donors (Lipinski definition) is 1. The van der Waals surface area contributed by atoms with Crippen molar-refractivity contribution in [2.75, 3.05) is 5.75 Å². The summed E-state index contributed by atoms with van der Waals surface area (Å²) in [7, 11) is 0. The molecular formula is C17H20N2OS. The monoisotopic (exact) mass is 300 g/mol. The molecule has 0 amide bonds. The lowest BCUT2D eigenvalue weighted by atomic mass is 9.69. The Morgan fingerprint density at radius 3 is 2.81 bits per heavy atom. The normalized spacial score (nSPS) is 20.0. The number of aromatic amines is 1. The summed E-state index contributed by atoms with van der Waals surface area (Å²) in [6, 6.07) is 8.32. The van der Waals surface area contributed by atoms with Crippen molar-refractivity contribution in [1.29, 1.82) is 0 Å². The molecular weight excluding hydrogens is 280 g/mol. The van der Waals surface area contributed by atoms with Crippen LogP contribution < -0.4 is 5.56 Å². The van der Waals surface area contributed by atoms with Gasteiger partial charge in [0.25, 0.3) is 5.56 Å². The Morgan fingerprint density at radius 1 is 1.33 bits per heavy atom. The maximum atomic E-state index is 12.6. The molecule has 1 heterocycles. The number of rotatable bonds is 3. The van der Waals surface area contributed by atoms with Crippen molar-refractivity contribution in [3.8, 4) is 11.3 Å². The lowest BCUT2D eigenvalue weighted by Crippen LogP contribution is -2.36. The van der Waals surface area contributed by atoms with Crippen molar-refractivity contribution in [2.45, 2.75) is 44.2 Å². The molecule has 0 spiro atoms. The Bertz CT molecular complexity index is 738. The Kier molecular flexibility index (Phi) is 3.66. The van der Waals surface area contributed by atoms with Crippen LogP contribution in [-0.4, -0.2) is 15.7 Å². The fraction of sp³-hybridized carbons (Fsp3) is 0.412. The quantitative estimate of drug-likeness (QED) is 0.693. The van der Waals surface area contributed by atoms with Gasteiger partial charge in [-0.1, -0.05) is 56.8 Å². The number of benzene rings is 1. The SMILES string of the molecule is CCSc1nc2c(c(=O)[nH]1)C(C)(CC)Cc1ccccc1-2. The summed E-state index contributed by atoms with van der Waals surface area (Å²) in [5, 5.41) is 0.719. The molecule has 0 bridgehead atoms. The molecule has 110 valence electrons. The van der Waals surface area contributed by atoms with E-state index in [9.17, 15) is 4.79 Å². The molecule has 1 aromatic heterocycles. The number of hydrogen-bond acceptors (Lipinski definition) is 3. The first-order chi connectivity index (χ1) is 10.1. The van der Waals surface area contributed by atoms with E-state index in [1.807, 2.05) is 6.07 Å². The first-order valence-electron chi connectivity index (χ1n) is 7.45. The van der Waals surface area contributed by atoms with Gasteiger partial charge in [-0.25, -0.2) is 4.98 Å². The van der Waals surface area contributed by atoms with Crippen LogP contribution in [0, 0.1) is 0 Å². The predicted octanol–water partition coefficient (Wildman–Crippen LogP) is 3.77. The van der Waals surface area contributed by atoms with E-state index in [0.717, 1.165) is 40.6 Å². The van der Waals surface area contributed by atoms with Crippen LogP contribution in [0.2, 0.25) is 0 Å². The van der Waals surface area contributed by atoms with E-state index in [1.165, 1.54) is 5.56 Å². The van der Waals surface area contributed by atoms with Crippen molar-refractivity contribution in [3.63, 3.8) is 0 Å². The van der Waals surface area contributed by atoms with Crippen molar-refractivity contribution in [2.24, 2.45) is 0 Å². The first-order valence-corrected chi connectivity index (χ1v) is 8.43. The smallest absolute Gasteiger partial charge is 0.255 e. The summed E-state index contributed by atoms with van der Waals surface area (Å²) in [5.41, 5.74) is 4.02. The second-order valence-corrected chi connectivity index (χ2v) is 7.03. The molecule has 1 atom stereocenters. The molecule has 2 aromatic rings. The number of H-pyrrole nitrogens is 1. The average Bonchev–Trinajstić information content (AvgIpc) is 2.47. The standard InChI is InChI=1S/C17H20N2OS/c1-4-17(3)10-11-8-6-7-9-12(11)14-13(17)15(20)19-16(18-14)21-5-2/h6-9H,4-5,10H2,1-3H3,(H,18,19,20). The summed E-state index contributed by atoms with van der Waals surface area (Å²) in [5.74, 6) is 0.897. The number of nitrogens with zero attached hydrogens (tertiary/aromatic N) is 1. The van der Waals surface area contributed by atoms with Gasteiger partial charge < -0.3 is 4.98 Å². The van der Waals surface area contributed by atoms with Gasteiger partial charge in [-0.15, -0.1) is 0 Å². The molecule has 4 heteroatoms. The minimum absolute atomic E-state index is 0.0230. The fourth-order valence-electron chi connectivity index (χ4n) is 3.13. The summed E-state index contributed by atoms with van der Waals surface area (Å²) in [6.45, 7) is 6.38. The molecule has 1 aliphatic rings. The highest BCUT2D eigenvalue weighted by Crippen LogP contribution is 2.42. The number of thioether (sulfide) groups is 1. The van der Waals surface area contributed by atoms with Crippen molar-refractivity contribution < 1.29 is 0 Å². The minimum Gasteiger partial charge on any atom is -0.301 e. The highest BCUT2D eigenvalue weighted by atomic mass is 32.2. The van der Waals surface area contributed by atoms with Crippen molar-refractivity contribution >= 4 is 11.8 Å². The zero-order valence-corrected chi connectivity index (χ0v) is 13.5. The highest BCUT2D eigenvalue weighted by Gasteiger charge is 2.37. The molecule has 1 N–H and O–H groups in total. The minimum atomic E-state index is -0.139. The predicted molar refractivity (Wildman–Crippen MR) is 88.0 cm³/mol. The Labute approximate surface area is 129 Å². The fourth-order valence-corrected chi connectivity index (χ4v) is 3.72. The maximum absolute atomic E-state index is 12.6. The molecule has 1 aromatic carbocycles. The zero-order chi connectivity index (χ0) is 15.0. The second kappa shape index (κ2) is 5.34. The van der Waals surface area contributed by atoms with E-state index in [-0.39, 0.29) is 11.0 Å². The van der Waals surface area contributed by atoms with E-state index < -0.39 is 0 Å². The molecule has 0 saturated carbocycles. The Hall–Kier alpha value is -1.55. The second-order valence-electron chi connectivity index (χ2n) is 5.78. The molecule has 3 nitrogen and oxygen atoms in total. The van der Waals surface area contributed by atoms with Crippen molar-refractivity contribution in [3.05, 3.63) is 45.7 Å². The summed E-state index contributed by atoms with van der Waals surface area (Å²) in [6.07, 6.45) is 1.83. The van der Waals surface area contributed by atoms with Gasteiger partial charge in [0.2, 0.25) is 0 Å². The summed E-state index contributed by atoms with van der Waals surface area (Å²) in [4.78, 5) is 20.3. The van der Waals surface area contributed by atoms with Crippen LogP contribution in [0.1, 0.15) is 38.3 Å². The first kappa shape index (κ1) is 14.4. The van der Waals surface area contributed by atoms with E-state index >= 15 is 0 Å². The molecule has 21 heavy (non-hydrogen) atoms. The molecule has 0 aliphatic heterocycles. The molecule has 0 radical (unpaired) electrons. The lowest BCUT2D eigenvalue weighted by Gasteiger charge is -2.34. The van der Waals surface area contributed by atoms with Gasteiger partial charge in [-0.3, -0.25) is 4.79 Å².